The Morgan fingerprint density at radius 1 is 1.28 bits per heavy atom. The maximum Gasteiger partial charge on any atom is 0.214 e. The lowest BCUT2D eigenvalue weighted by Crippen LogP contribution is -2.28. The minimum Gasteiger partial charge on any atom is -0.381 e. The fraction of sp³-hybridized carbons (Fsp3) is 0.500. The van der Waals surface area contributed by atoms with Crippen LogP contribution in [0.1, 0.15) is 18.1 Å². The molecule has 0 fully saturated rings. The summed E-state index contributed by atoms with van der Waals surface area (Å²) in [7, 11) is -3.29. The highest BCUT2D eigenvalue weighted by atomic mass is 32.2. The van der Waals surface area contributed by atoms with Crippen LogP contribution in [0.3, 0.4) is 0 Å². The van der Waals surface area contributed by atoms with Crippen LogP contribution in [0.25, 0.3) is 0 Å². The van der Waals surface area contributed by atoms with Crippen LogP contribution in [0.15, 0.2) is 24.3 Å². The van der Waals surface area contributed by atoms with Gasteiger partial charge in [-0.3, -0.25) is 0 Å². The second kappa shape index (κ2) is 7.48. The summed E-state index contributed by atoms with van der Waals surface area (Å²) in [6, 6.07) is 7.51. The van der Waals surface area contributed by atoms with E-state index in [-0.39, 0.29) is 18.9 Å². The molecule has 0 saturated carbocycles. The number of nitrogens with two attached hydrogens (primary N) is 1. The van der Waals surface area contributed by atoms with Crippen molar-refractivity contribution < 1.29 is 13.2 Å². The molecule has 0 bridgehead atoms. The molecule has 0 spiro atoms. The summed E-state index contributed by atoms with van der Waals surface area (Å²) in [6.07, 6.45) is 0. The Balaban J connectivity index is 2.53. The van der Waals surface area contributed by atoms with E-state index in [0.29, 0.717) is 13.2 Å². The van der Waals surface area contributed by atoms with Crippen molar-refractivity contribution >= 4 is 10.0 Å². The topological polar surface area (TPSA) is 81.4 Å². The summed E-state index contributed by atoms with van der Waals surface area (Å²) in [5.41, 5.74) is 7.44. The van der Waals surface area contributed by atoms with Crippen molar-refractivity contribution in [2.45, 2.75) is 20.0 Å². The molecule has 5 nitrogen and oxygen atoms in total. The van der Waals surface area contributed by atoms with Gasteiger partial charge >= 0.3 is 0 Å². The third-order valence-electron chi connectivity index (χ3n) is 2.52. The van der Waals surface area contributed by atoms with Gasteiger partial charge in [-0.05, 0) is 18.1 Å². The highest BCUT2D eigenvalue weighted by Crippen LogP contribution is 2.07. The van der Waals surface area contributed by atoms with Crippen molar-refractivity contribution in [2.75, 3.05) is 19.0 Å². The number of rotatable bonds is 8. The quantitative estimate of drug-likeness (QED) is 0.679. The van der Waals surface area contributed by atoms with Gasteiger partial charge in [0.25, 0.3) is 0 Å². The monoisotopic (exact) mass is 272 g/mol. The van der Waals surface area contributed by atoms with Gasteiger partial charge in [-0.25, -0.2) is 13.1 Å². The molecule has 1 rings (SSSR count). The summed E-state index contributed by atoms with van der Waals surface area (Å²) >= 11 is 0. The lowest BCUT2D eigenvalue weighted by molar-refractivity contribution is 0.163. The Morgan fingerprint density at radius 2 is 1.94 bits per heavy atom. The van der Waals surface area contributed by atoms with Crippen molar-refractivity contribution in [1.82, 2.24) is 4.72 Å². The fourth-order valence-corrected chi connectivity index (χ4v) is 2.36. The Morgan fingerprint density at radius 3 is 2.56 bits per heavy atom. The van der Waals surface area contributed by atoms with E-state index >= 15 is 0 Å². The fourth-order valence-electron chi connectivity index (χ4n) is 1.50. The number of benzene rings is 1. The van der Waals surface area contributed by atoms with Crippen LogP contribution in [0.4, 0.5) is 0 Å². The molecule has 3 N–H and O–H groups in total. The average Bonchev–Trinajstić information content (AvgIpc) is 2.37. The molecule has 0 heterocycles. The van der Waals surface area contributed by atoms with Gasteiger partial charge in [0.05, 0.1) is 12.4 Å². The summed E-state index contributed by atoms with van der Waals surface area (Å²) in [4.78, 5) is 0. The molecule has 0 aliphatic heterocycles. The number of ether oxygens (including phenoxy) is 1. The van der Waals surface area contributed by atoms with Gasteiger partial charge in [0.1, 0.15) is 0 Å². The lowest BCUT2D eigenvalue weighted by Gasteiger charge is -2.09. The minimum absolute atomic E-state index is 0.0222. The Labute approximate surface area is 108 Å². The molecule has 0 amide bonds. The predicted molar refractivity (Wildman–Crippen MR) is 71.5 cm³/mol. The molecule has 0 aliphatic rings. The van der Waals surface area contributed by atoms with Gasteiger partial charge in [0, 0.05) is 19.7 Å². The van der Waals surface area contributed by atoms with Crippen LogP contribution < -0.4 is 10.5 Å². The van der Waals surface area contributed by atoms with E-state index in [1.807, 2.05) is 31.2 Å². The van der Waals surface area contributed by atoms with Crippen LogP contribution in [0.5, 0.6) is 0 Å². The Kier molecular flexibility index (Phi) is 6.28. The zero-order valence-corrected chi connectivity index (χ0v) is 11.4. The molecule has 1 aromatic carbocycles. The third kappa shape index (κ3) is 5.14. The highest BCUT2D eigenvalue weighted by Gasteiger charge is 2.10. The smallest absolute Gasteiger partial charge is 0.214 e. The van der Waals surface area contributed by atoms with Gasteiger partial charge in [-0.1, -0.05) is 24.3 Å². The zero-order valence-electron chi connectivity index (χ0n) is 10.6. The van der Waals surface area contributed by atoms with Gasteiger partial charge in [0.15, 0.2) is 0 Å². The second-order valence-electron chi connectivity index (χ2n) is 3.81. The molecule has 1 aromatic rings. The molecule has 102 valence electrons. The minimum atomic E-state index is -3.29. The van der Waals surface area contributed by atoms with E-state index in [4.69, 9.17) is 10.5 Å². The molecule has 0 aliphatic carbocycles. The van der Waals surface area contributed by atoms with Gasteiger partial charge in [-0.2, -0.15) is 0 Å². The van der Waals surface area contributed by atoms with Crippen LogP contribution in [0, 0.1) is 0 Å². The standard InChI is InChI=1S/C12H20N2O3S/c1-2-17-7-8-18(15,16)14-10-12-6-4-3-5-11(12)9-13/h3-6,14H,2,7-10,13H2,1H3. The number of hydrogen-bond donors (Lipinski definition) is 2. The van der Waals surface area contributed by atoms with E-state index in [0.717, 1.165) is 11.1 Å². The van der Waals surface area contributed by atoms with Crippen molar-refractivity contribution in [1.29, 1.82) is 0 Å². The van der Waals surface area contributed by atoms with Gasteiger partial charge in [-0.15, -0.1) is 0 Å². The van der Waals surface area contributed by atoms with Crippen molar-refractivity contribution in [3.05, 3.63) is 35.4 Å². The Hall–Kier alpha value is -0.950. The Bertz CT molecular complexity index is 460. The molecule has 0 saturated heterocycles. The van der Waals surface area contributed by atoms with Crippen LogP contribution >= 0.6 is 0 Å². The molecular weight excluding hydrogens is 252 g/mol. The average molecular weight is 272 g/mol. The predicted octanol–water partition coefficient (Wildman–Crippen LogP) is 0.601. The maximum absolute atomic E-state index is 11.7. The zero-order chi connectivity index (χ0) is 13.4. The van der Waals surface area contributed by atoms with Crippen molar-refractivity contribution in [3.8, 4) is 0 Å². The second-order valence-corrected chi connectivity index (χ2v) is 5.74. The first-order chi connectivity index (χ1) is 8.59. The number of sulfonamides is 1. The van der Waals surface area contributed by atoms with Crippen LogP contribution in [-0.4, -0.2) is 27.4 Å². The first-order valence-corrected chi connectivity index (χ1v) is 7.56. The van der Waals surface area contributed by atoms with Crippen molar-refractivity contribution in [3.63, 3.8) is 0 Å². The summed E-state index contributed by atoms with van der Waals surface area (Å²) in [5.74, 6) is -0.0222. The highest BCUT2D eigenvalue weighted by molar-refractivity contribution is 7.89. The molecule has 0 atom stereocenters. The van der Waals surface area contributed by atoms with E-state index in [2.05, 4.69) is 4.72 Å². The van der Waals surface area contributed by atoms with Crippen LogP contribution in [-0.2, 0) is 27.8 Å². The van der Waals surface area contributed by atoms with E-state index in [1.165, 1.54) is 0 Å². The summed E-state index contributed by atoms with van der Waals surface area (Å²) < 4.78 is 30.9. The largest absolute Gasteiger partial charge is 0.381 e. The number of hydrogen-bond acceptors (Lipinski definition) is 4. The van der Waals surface area contributed by atoms with Crippen molar-refractivity contribution in [2.24, 2.45) is 5.73 Å². The molecule has 0 radical (unpaired) electrons. The first-order valence-electron chi connectivity index (χ1n) is 5.91. The van der Waals surface area contributed by atoms with E-state index in [1.54, 1.807) is 0 Å². The van der Waals surface area contributed by atoms with E-state index in [9.17, 15) is 8.42 Å². The molecule has 0 aromatic heterocycles. The molecule has 6 heteroatoms. The third-order valence-corrected chi connectivity index (χ3v) is 3.81. The lowest BCUT2D eigenvalue weighted by atomic mass is 10.1. The normalized spacial score (nSPS) is 11.7. The number of nitrogens with one attached hydrogen (secondary N) is 1. The summed E-state index contributed by atoms with van der Waals surface area (Å²) in [6.45, 7) is 3.23. The first kappa shape index (κ1) is 15.1. The van der Waals surface area contributed by atoms with E-state index < -0.39 is 10.0 Å². The van der Waals surface area contributed by atoms with Gasteiger partial charge < -0.3 is 10.5 Å². The SMILES string of the molecule is CCOCCS(=O)(=O)NCc1ccccc1CN. The molecule has 18 heavy (non-hydrogen) atoms. The maximum atomic E-state index is 11.7. The molecule has 0 unspecified atom stereocenters. The molecular formula is C12H20N2O3S. The van der Waals surface area contributed by atoms with Gasteiger partial charge in [0.2, 0.25) is 10.0 Å². The van der Waals surface area contributed by atoms with Crippen LogP contribution in [0.2, 0.25) is 0 Å². The summed E-state index contributed by atoms with van der Waals surface area (Å²) in [5, 5.41) is 0.